The maximum absolute atomic E-state index is 13.0. The molecule has 16 heteroatoms. The van der Waals surface area contributed by atoms with E-state index in [4.69, 9.17) is 25.7 Å². The number of aromatic nitrogens is 4. The second-order valence-electron chi connectivity index (χ2n) is 16.8. The van der Waals surface area contributed by atoms with Crippen LogP contribution < -0.4 is 26.3 Å². The van der Waals surface area contributed by atoms with E-state index in [0.29, 0.717) is 69.1 Å². The molecule has 2 saturated heterocycles. The van der Waals surface area contributed by atoms with Gasteiger partial charge in [-0.1, -0.05) is 27.0 Å². The molecule has 0 atom stereocenters. The number of nitrogens with one attached hydrogen (secondary N) is 1. The fourth-order valence-corrected chi connectivity index (χ4v) is 7.69. The van der Waals surface area contributed by atoms with Crippen molar-refractivity contribution in [2.24, 2.45) is 11.5 Å². The number of aryl methyl sites for hydroxylation is 2. The van der Waals surface area contributed by atoms with E-state index in [-0.39, 0.29) is 39.3 Å². The van der Waals surface area contributed by atoms with Crippen LogP contribution in [0.3, 0.4) is 0 Å². The van der Waals surface area contributed by atoms with Crippen molar-refractivity contribution in [2.45, 2.75) is 81.3 Å². The molecule has 0 spiro atoms. The maximum Gasteiger partial charge on any atom is 0.410 e. The number of hydrogen-bond donors (Lipinski definition) is 3. The van der Waals surface area contributed by atoms with E-state index in [0.717, 1.165) is 70.5 Å². The van der Waals surface area contributed by atoms with Crippen LogP contribution in [0.15, 0.2) is 85.2 Å². The summed E-state index contributed by atoms with van der Waals surface area (Å²) in [5.74, 6) is 2.54. The Morgan fingerprint density at radius 1 is 0.631 bits per heavy atom. The topological polar surface area (TPSA) is 188 Å². The van der Waals surface area contributed by atoms with Crippen LogP contribution in [0.25, 0.3) is 21.8 Å². The highest BCUT2D eigenvalue weighted by molar-refractivity contribution is 5.89. The number of carbonyl (C=O) groups is 3. The van der Waals surface area contributed by atoms with Gasteiger partial charge in [0.05, 0.1) is 11.0 Å². The van der Waals surface area contributed by atoms with Crippen LogP contribution in [0.4, 0.5) is 4.79 Å². The van der Waals surface area contributed by atoms with Gasteiger partial charge in [-0.3, -0.25) is 9.59 Å². The van der Waals surface area contributed by atoms with Gasteiger partial charge in [0.15, 0.2) is 0 Å². The first-order valence-corrected chi connectivity index (χ1v) is 21.4. The normalized spacial score (nSPS) is 13.9. The fourth-order valence-electron chi connectivity index (χ4n) is 7.69. The van der Waals surface area contributed by atoms with Crippen LogP contribution in [0.1, 0.15) is 58.1 Å². The first-order valence-electron chi connectivity index (χ1n) is 21.4. The van der Waals surface area contributed by atoms with Gasteiger partial charge in [-0.25, -0.2) is 14.8 Å². The van der Waals surface area contributed by atoms with Crippen LogP contribution in [0.2, 0.25) is 0 Å². The lowest BCUT2D eigenvalue weighted by Gasteiger charge is -2.35. The number of pyridine rings is 2. The number of piperazine rings is 2. The summed E-state index contributed by atoms with van der Waals surface area (Å²) >= 11 is 0. The molecule has 16 nitrogen and oxygen atoms in total. The lowest BCUT2D eigenvalue weighted by atomic mass is 10.2. The van der Waals surface area contributed by atoms with E-state index in [9.17, 15) is 14.4 Å². The van der Waals surface area contributed by atoms with Crippen LogP contribution >= 0.6 is 0 Å². The van der Waals surface area contributed by atoms with Crippen molar-refractivity contribution in [1.82, 2.24) is 39.1 Å². The standard InChI is InChI=1S/C26H33N5O4.C21H25N5O2.2CH4/c1-18-14-19(16-27)15-23(28-18)34-22-7-5-6-21-20(22)8-9-31(21)17-24(32)29-10-12-30(13-11-29)25(33)35-26(2,3)4;1-15-11-16(13-22)12-20(24-15)28-19-4-2-3-18-17(19)5-8-26(18)14-21(27)25-9-6-23-7-10-25;;/h5-9,14-15H,10-13,16-17,27H2,1-4H3;2-5,8,11-12,23H,6-7,9-10,13-14,22H2,1H3;2*1H4. The minimum absolute atomic E-state index is 0. The summed E-state index contributed by atoms with van der Waals surface area (Å²) in [5, 5.41) is 5.12. The van der Waals surface area contributed by atoms with Gasteiger partial charge in [0.1, 0.15) is 30.2 Å². The third-order valence-corrected chi connectivity index (χ3v) is 10.8. The number of benzene rings is 2. The summed E-state index contributed by atoms with van der Waals surface area (Å²) in [6.07, 6.45) is 3.49. The molecule has 2 fully saturated rings. The Morgan fingerprint density at radius 3 is 1.49 bits per heavy atom. The summed E-state index contributed by atoms with van der Waals surface area (Å²) in [7, 11) is 0. The van der Waals surface area contributed by atoms with Gasteiger partial charge in [0, 0.05) is 112 Å². The van der Waals surface area contributed by atoms with Crippen molar-refractivity contribution in [1.29, 1.82) is 0 Å². The average molecular weight is 891 g/mol. The highest BCUT2D eigenvalue weighted by Crippen LogP contribution is 2.32. The molecule has 6 aromatic rings. The van der Waals surface area contributed by atoms with E-state index in [1.165, 1.54) is 0 Å². The Hall–Kier alpha value is -6.49. The summed E-state index contributed by atoms with van der Waals surface area (Å²) in [4.78, 5) is 52.2. The molecule has 5 N–H and O–H groups in total. The highest BCUT2D eigenvalue weighted by atomic mass is 16.6. The second kappa shape index (κ2) is 21.9. The van der Waals surface area contributed by atoms with Gasteiger partial charge < -0.3 is 54.8 Å². The molecule has 2 aliphatic rings. The molecule has 65 heavy (non-hydrogen) atoms. The molecular weight excluding hydrogens is 825 g/mol. The van der Waals surface area contributed by atoms with Gasteiger partial charge in [-0.15, -0.1) is 0 Å². The Labute approximate surface area is 382 Å². The predicted octanol–water partition coefficient (Wildman–Crippen LogP) is 6.97. The van der Waals surface area contributed by atoms with Gasteiger partial charge in [-0.05, 0) is 94.3 Å². The van der Waals surface area contributed by atoms with Crippen molar-refractivity contribution in [2.75, 3.05) is 52.4 Å². The third-order valence-electron chi connectivity index (χ3n) is 10.8. The first kappa shape index (κ1) is 49.5. The minimum atomic E-state index is -0.538. The quantitative estimate of drug-likeness (QED) is 0.129. The number of carbonyl (C=O) groups excluding carboxylic acids is 3. The SMILES string of the molecule is C.C.Cc1cc(CN)cc(Oc2cccc3c2ccn3CC(=O)N2CCN(C(=O)OC(C)(C)C)CC2)n1.Cc1cc(CN)cc(Oc2cccc3c2ccn3CC(=O)N2CCNCC2)n1. The van der Waals surface area contributed by atoms with E-state index >= 15 is 0 Å². The van der Waals surface area contributed by atoms with E-state index < -0.39 is 5.60 Å². The monoisotopic (exact) mass is 891 g/mol. The zero-order valence-corrected chi connectivity index (χ0v) is 36.8. The highest BCUT2D eigenvalue weighted by Gasteiger charge is 2.28. The van der Waals surface area contributed by atoms with Gasteiger partial charge in [-0.2, -0.15) is 0 Å². The van der Waals surface area contributed by atoms with Gasteiger partial charge in [0.25, 0.3) is 0 Å². The molecule has 4 aromatic heterocycles. The Kier molecular flexibility index (Phi) is 16.7. The van der Waals surface area contributed by atoms with Crippen LogP contribution in [-0.4, -0.2) is 110 Å². The number of fused-ring (bicyclic) bond motifs is 2. The zero-order chi connectivity index (χ0) is 44.7. The molecule has 0 radical (unpaired) electrons. The lowest BCUT2D eigenvalue weighted by molar-refractivity contribution is -0.133. The van der Waals surface area contributed by atoms with Crippen molar-refractivity contribution < 1.29 is 28.6 Å². The largest absolute Gasteiger partial charge is 0.444 e. The molecule has 2 aromatic carbocycles. The molecule has 0 bridgehead atoms. The number of rotatable bonds is 10. The Bertz CT molecular complexity index is 2570. The van der Waals surface area contributed by atoms with Crippen LogP contribution in [-0.2, 0) is 40.5 Å². The summed E-state index contributed by atoms with van der Waals surface area (Å²) in [6, 6.07) is 23.1. The summed E-state index contributed by atoms with van der Waals surface area (Å²) < 4.78 is 21.5. The summed E-state index contributed by atoms with van der Waals surface area (Å²) in [5.41, 5.74) is 16.5. The molecule has 8 rings (SSSR count). The van der Waals surface area contributed by atoms with Crippen LogP contribution in [0, 0.1) is 13.8 Å². The van der Waals surface area contributed by atoms with Crippen LogP contribution in [0.5, 0.6) is 23.3 Å². The zero-order valence-electron chi connectivity index (χ0n) is 36.8. The lowest BCUT2D eigenvalue weighted by Crippen LogP contribution is -2.52. The maximum atomic E-state index is 13.0. The molecule has 0 unspecified atom stereocenters. The van der Waals surface area contributed by atoms with Crippen molar-refractivity contribution in [3.05, 3.63) is 108 Å². The van der Waals surface area contributed by atoms with E-state index in [1.807, 2.05) is 134 Å². The fraction of sp³-hybridized carbons (Fsp3) is 0.408. The number of nitrogens with two attached hydrogens (primary N) is 2. The molecule has 6 heterocycles. The minimum Gasteiger partial charge on any atom is -0.444 e. The van der Waals surface area contributed by atoms with Gasteiger partial charge in [0.2, 0.25) is 23.6 Å². The molecule has 0 saturated carbocycles. The Balaban J connectivity index is 0.000000242. The van der Waals surface area contributed by atoms with Crippen molar-refractivity contribution >= 4 is 39.7 Å². The number of nitrogens with zero attached hydrogens (tertiary/aromatic N) is 7. The van der Waals surface area contributed by atoms with E-state index in [1.54, 1.807) is 9.80 Å². The molecule has 348 valence electrons. The predicted molar refractivity (Wildman–Crippen MR) is 255 cm³/mol. The number of amides is 3. The van der Waals surface area contributed by atoms with Gasteiger partial charge >= 0.3 is 6.09 Å². The molecule has 3 amide bonds. The molecule has 2 aliphatic heterocycles. The van der Waals surface area contributed by atoms with Crippen molar-refractivity contribution in [3.63, 3.8) is 0 Å². The molecular formula is C49H66N10O6. The summed E-state index contributed by atoms with van der Waals surface area (Å²) in [6.45, 7) is 15.8. The first-order chi connectivity index (χ1) is 30.3. The second-order valence-corrected chi connectivity index (χ2v) is 16.8. The number of ether oxygens (including phenoxy) is 3. The Morgan fingerprint density at radius 2 is 1.06 bits per heavy atom. The smallest absolute Gasteiger partial charge is 0.410 e. The van der Waals surface area contributed by atoms with Crippen molar-refractivity contribution in [3.8, 4) is 23.3 Å². The average Bonchev–Trinajstić information content (AvgIpc) is 3.88. The number of hydrogen-bond acceptors (Lipinski definition) is 11. The third kappa shape index (κ3) is 12.6. The molecule has 0 aliphatic carbocycles. The van der Waals surface area contributed by atoms with E-state index in [2.05, 4.69) is 15.3 Å².